The lowest BCUT2D eigenvalue weighted by molar-refractivity contribution is -0.144. The lowest BCUT2D eigenvalue weighted by atomic mass is 10.2. The highest BCUT2D eigenvalue weighted by molar-refractivity contribution is 7.92. The Kier molecular flexibility index (Phi) is 6.16. The van der Waals surface area contributed by atoms with E-state index >= 15 is 0 Å². The Morgan fingerprint density at radius 2 is 1.67 bits per heavy atom. The zero-order chi connectivity index (χ0) is 15.9. The maximum atomic E-state index is 11.6. The molecule has 0 heterocycles. The molecule has 21 heavy (non-hydrogen) atoms. The number of esters is 1. The Labute approximate surface area is 123 Å². The van der Waals surface area contributed by atoms with Crippen LogP contribution in [0.2, 0.25) is 0 Å². The van der Waals surface area contributed by atoms with E-state index in [1.165, 1.54) is 12.1 Å². The van der Waals surface area contributed by atoms with Crippen molar-refractivity contribution < 1.29 is 22.7 Å². The zero-order valence-electron chi connectivity index (χ0n) is 11.9. The summed E-state index contributed by atoms with van der Waals surface area (Å²) in [4.78, 5) is 22.7. The van der Waals surface area contributed by atoms with Gasteiger partial charge in [-0.3, -0.25) is 14.3 Å². The summed E-state index contributed by atoms with van der Waals surface area (Å²) >= 11 is 0. The minimum Gasteiger partial charge on any atom is -0.466 e. The van der Waals surface area contributed by atoms with Crippen molar-refractivity contribution in [2.75, 3.05) is 22.9 Å². The lowest BCUT2D eigenvalue weighted by Gasteiger charge is -2.07. The number of carbonyl (C=O) groups is 2. The van der Waals surface area contributed by atoms with Crippen molar-refractivity contribution in [3.63, 3.8) is 0 Å². The Hall–Kier alpha value is -2.09. The number of nitrogens with one attached hydrogen (secondary N) is 2. The predicted octanol–water partition coefficient (Wildman–Crippen LogP) is 1.34. The molecule has 1 aromatic rings. The first-order valence-corrected chi connectivity index (χ1v) is 8.22. The van der Waals surface area contributed by atoms with E-state index in [1.54, 1.807) is 19.1 Å². The van der Waals surface area contributed by atoms with Crippen molar-refractivity contribution in [3.05, 3.63) is 24.3 Å². The predicted molar refractivity (Wildman–Crippen MR) is 79.4 cm³/mol. The smallest absolute Gasteiger partial charge is 0.306 e. The maximum Gasteiger partial charge on any atom is 0.306 e. The molecule has 7 nitrogen and oxygen atoms in total. The van der Waals surface area contributed by atoms with Crippen LogP contribution in [0.3, 0.4) is 0 Å². The number of hydrogen-bond donors (Lipinski definition) is 2. The first-order valence-electron chi connectivity index (χ1n) is 6.33. The van der Waals surface area contributed by atoms with Gasteiger partial charge in [0.1, 0.15) is 0 Å². The van der Waals surface area contributed by atoms with E-state index < -0.39 is 16.0 Å². The number of sulfonamides is 1. The Morgan fingerprint density at radius 1 is 1.10 bits per heavy atom. The summed E-state index contributed by atoms with van der Waals surface area (Å²) in [7, 11) is -3.33. The molecule has 0 atom stereocenters. The van der Waals surface area contributed by atoms with Crippen molar-refractivity contribution >= 4 is 33.3 Å². The SMILES string of the molecule is CCOC(=O)CCC(=O)Nc1ccc(NS(C)(=O)=O)cc1. The fourth-order valence-corrected chi connectivity index (χ4v) is 2.07. The third-order valence-corrected chi connectivity index (χ3v) is 2.94. The normalized spacial score (nSPS) is 10.8. The first-order chi connectivity index (χ1) is 9.80. The van der Waals surface area contributed by atoms with Crippen LogP contribution in [0.5, 0.6) is 0 Å². The highest BCUT2D eigenvalue weighted by atomic mass is 32.2. The van der Waals surface area contributed by atoms with Crippen LogP contribution in [0.25, 0.3) is 0 Å². The van der Waals surface area contributed by atoms with Crippen LogP contribution in [0, 0.1) is 0 Å². The minimum absolute atomic E-state index is 0.0212. The minimum atomic E-state index is -3.33. The topological polar surface area (TPSA) is 102 Å². The summed E-state index contributed by atoms with van der Waals surface area (Å²) < 4.78 is 29.1. The van der Waals surface area contributed by atoms with E-state index in [1.807, 2.05) is 0 Å². The fourth-order valence-electron chi connectivity index (χ4n) is 1.51. The second kappa shape index (κ2) is 7.63. The number of amides is 1. The average molecular weight is 314 g/mol. The van der Waals surface area contributed by atoms with E-state index in [0.717, 1.165) is 6.26 Å². The average Bonchev–Trinajstić information content (AvgIpc) is 2.37. The van der Waals surface area contributed by atoms with Gasteiger partial charge in [0, 0.05) is 17.8 Å². The van der Waals surface area contributed by atoms with Crippen molar-refractivity contribution in [2.24, 2.45) is 0 Å². The highest BCUT2D eigenvalue weighted by Gasteiger charge is 2.08. The van der Waals surface area contributed by atoms with Gasteiger partial charge in [-0.15, -0.1) is 0 Å². The van der Waals surface area contributed by atoms with Gasteiger partial charge in [-0.2, -0.15) is 0 Å². The molecule has 0 fully saturated rings. The van der Waals surface area contributed by atoms with Crippen LogP contribution >= 0.6 is 0 Å². The summed E-state index contributed by atoms with van der Waals surface area (Å²) in [6, 6.07) is 6.19. The Morgan fingerprint density at radius 3 is 2.19 bits per heavy atom. The quantitative estimate of drug-likeness (QED) is 0.740. The Balaban J connectivity index is 2.48. The third-order valence-electron chi connectivity index (χ3n) is 2.33. The van der Waals surface area contributed by atoms with E-state index in [9.17, 15) is 18.0 Å². The molecular formula is C13H18N2O5S. The first kappa shape index (κ1) is 17.0. The molecule has 116 valence electrons. The van der Waals surface area contributed by atoms with Crippen molar-refractivity contribution in [3.8, 4) is 0 Å². The summed E-state index contributed by atoms with van der Waals surface area (Å²) in [5, 5.41) is 2.61. The number of benzene rings is 1. The van der Waals surface area contributed by atoms with E-state index in [-0.39, 0.29) is 25.4 Å². The molecule has 0 aliphatic carbocycles. The van der Waals surface area contributed by atoms with Gasteiger partial charge in [-0.1, -0.05) is 0 Å². The van der Waals surface area contributed by atoms with Crippen LogP contribution in [-0.2, 0) is 24.3 Å². The molecule has 0 aromatic heterocycles. The van der Waals surface area contributed by atoms with Crippen LogP contribution in [0.4, 0.5) is 11.4 Å². The monoisotopic (exact) mass is 314 g/mol. The molecule has 0 radical (unpaired) electrons. The standard InChI is InChI=1S/C13H18N2O5S/c1-3-20-13(17)9-8-12(16)14-10-4-6-11(7-5-10)15-21(2,18)19/h4-7,15H,3,8-9H2,1-2H3,(H,14,16). The van der Waals surface area contributed by atoms with Gasteiger partial charge in [0.25, 0.3) is 0 Å². The van der Waals surface area contributed by atoms with Gasteiger partial charge >= 0.3 is 5.97 Å². The largest absolute Gasteiger partial charge is 0.466 e. The van der Waals surface area contributed by atoms with Crippen LogP contribution < -0.4 is 10.0 Å². The van der Waals surface area contributed by atoms with Crippen molar-refractivity contribution in [2.45, 2.75) is 19.8 Å². The second-order valence-electron chi connectivity index (χ2n) is 4.30. The van der Waals surface area contributed by atoms with Gasteiger partial charge < -0.3 is 10.1 Å². The molecule has 1 rings (SSSR count). The molecule has 1 amide bonds. The summed E-state index contributed by atoms with van der Waals surface area (Å²) in [5.41, 5.74) is 0.921. The summed E-state index contributed by atoms with van der Waals surface area (Å²) in [5.74, 6) is -0.729. The number of ether oxygens (including phenoxy) is 1. The molecule has 0 spiro atoms. The lowest BCUT2D eigenvalue weighted by Crippen LogP contribution is -2.14. The number of rotatable bonds is 7. The summed E-state index contributed by atoms with van der Waals surface area (Å²) in [6.07, 6.45) is 1.10. The maximum absolute atomic E-state index is 11.6. The second-order valence-corrected chi connectivity index (χ2v) is 6.05. The van der Waals surface area contributed by atoms with Crippen LogP contribution in [0.1, 0.15) is 19.8 Å². The number of anilines is 2. The molecule has 1 aromatic carbocycles. The molecule has 0 unspecified atom stereocenters. The molecule has 0 saturated carbocycles. The molecule has 2 N–H and O–H groups in total. The van der Waals surface area contributed by atoms with Gasteiger partial charge in [0.2, 0.25) is 15.9 Å². The molecular weight excluding hydrogens is 296 g/mol. The molecule has 8 heteroatoms. The third kappa shape index (κ3) is 7.31. The van der Waals surface area contributed by atoms with Gasteiger partial charge in [0.05, 0.1) is 19.3 Å². The zero-order valence-corrected chi connectivity index (χ0v) is 12.7. The van der Waals surface area contributed by atoms with Crippen molar-refractivity contribution in [1.82, 2.24) is 0 Å². The van der Waals surface area contributed by atoms with Crippen molar-refractivity contribution in [1.29, 1.82) is 0 Å². The van der Waals surface area contributed by atoms with Gasteiger partial charge in [-0.05, 0) is 31.2 Å². The van der Waals surface area contributed by atoms with E-state index in [0.29, 0.717) is 11.4 Å². The summed E-state index contributed by atoms with van der Waals surface area (Å²) in [6.45, 7) is 1.99. The van der Waals surface area contributed by atoms with E-state index in [2.05, 4.69) is 10.0 Å². The molecule has 0 bridgehead atoms. The molecule has 0 aliphatic rings. The number of hydrogen-bond acceptors (Lipinski definition) is 5. The van der Waals surface area contributed by atoms with Crippen LogP contribution in [0.15, 0.2) is 24.3 Å². The van der Waals surface area contributed by atoms with Gasteiger partial charge in [0.15, 0.2) is 0 Å². The molecule has 0 saturated heterocycles. The van der Waals surface area contributed by atoms with E-state index in [4.69, 9.17) is 4.74 Å². The Bertz CT molecular complexity index is 595. The van der Waals surface area contributed by atoms with Gasteiger partial charge in [-0.25, -0.2) is 8.42 Å². The molecule has 0 aliphatic heterocycles. The fraction of sp³-hybridized carbons (Fsp3) is 0.385. The van der Waals surface area contributed by atoms with Crippen LogP contribution in [-0.4, -0.2) is 33.2 Å². The highest BCUT2D eigenvalue weighted by Crippen LogP contribution is 2.14. The number of carbonyl (C=O) groups excluding carboxylic acids is 2.